The van der Waals surface area contributed by atoms with Crippen molar-refractivity contribution in [2.45, 2.75) is 25.5 Å². The van der Waals surface area contributed by atoms with E-state index in [1.165, 1.54) is 29.2 Å². The van der Waals surface area contributed by atoms with Crippen LogP contribution in [0.3, 0.4) is 0 Å². The highest BCUT2D eigenvalue weighted by Gasteiger charge is 2.19. The van der Waals surface area contributed by atoms with E-state index in [1.807, 2.05) is 30.3 Å². The number of rotatable bonds is 5. The number of halogens is 1. The van der Waals surface area contributed by atoms with E-state index in [4.69, 9.17) is 0 Å². The van der Waals surface area contributed by atoms with Crippen LogP contribution in [0.1, 0.15) is 12.5 Å². The summed E-state index contributed by atoms with van der Waals surface area (Å²) < 4.78 is 12.9. The summed E-state index contributed by atoms with van der Waals surface area (Å²) in [4.78, 5) is 13.6. The molecule has 4 nitrogen and oxygen atoms in total. The van der Waals surface area contributed by atoms with Crippen molar-refractivity contribution in [2.75, 3.05) is 11.9 Å². The van der Waals surface area contributed by atoms with Crippen molar-refractivity contribution in [3.8, 4) is 0 Å². The van der Waals surface area contributed by atoms with Gasteiger partial charge in [-0.15, -0.1) is 0 Å². The monoisotopic (exact) mass is 316 g/mol. The van der Waals surface area contributed by atoms with Gasteiger partial charge in [-0.3, -0.25) is 4.90 Å². The number of amides is 2. The van der Waals surface area contributed by atoms with Crippen LogP contribution >= 0.6 is 0 Å². The molecule has 0 aliphatic rings. The molecule has 0 saturated heterocycles. The number of urea groups is 1. The summed E-state index contributed by atoms with van der Waals surface area (Å²) in [6, 6.07) is 14.5. The number of aliphatic hydroxyl groups is 1. The molecule has 0 fully saturated rings. The molecule has 5 heteroatoms. The fourth-order valence-electron chi connectivity index (χ4n) is 2.20. The number of anilines is 1. The highest BCUT2D eigenvalue weighted by atomic mass is 19.1. The van der Waals surface area contributed by atoms with Crippen LogP contribution in [0.25, 0.3) is 0 Å². The van der Waals surface area contributed by atoms with Gasteiger partial charge < -0.3 is 10.4 Å². The number of benzene rings is 2. The van der Waals surface area contributed by atoms with Crippen LogP contribution in [0.5, 0.6) is 0 Å². The number of aliphatic hydroxyl groups excluding tert-OH is 1. The predicted octanol–water partition coefficient (Wildman–Crippen LogP) is 2.96. The molecule has 0 unspecified atom stereocenters. The molecule has 0 bridgehead atoms. The fourth-order valence-corrected chi connectivity index (χ4v) is 2.20. The number of carbonyl (C=O) groups is 1. The van der Waals surface area contributed by atoms with Gasteiger partial charge in [-0.25, -0.2) is 9.18 Å². The van der Waals surface area contributed by atoms with Crippen molar-refractivity contribution < 1.29 is 14.3 Å². The van der Waals surface area contributed by atoms with Gasteiger partial charge in [0, 0.05) is 19.2 Å². The van der Waals surface area contributed by atoms with Crippen LogP contribution < -0.4 is 10.2 Å². The van der Waals surface area contributed by atoms with Crippen LogP contribution in [0, 0.1) is 5.82 Å². The number of hydrogen-bond donors (Lipinski definition) is 2. The molecule has 0 spiro atoms. The molecular formula is C18H21FN2O2. The van der Waals surface area contributed by atoms with E-state index in [0.29, 0.717) is 12.1 Å². The first kappa shape index (κ1) is 17.0. The molecule has 2 amide bonds. The van der Waals surface area contributed by atoms with Crippen molar-refractivity contribution >= 4 is 11.7 Å². The summed E-state index contributed by atoms with van der Waals surface area (Å²) >= 11 is 0. The minimum atomic E-state index is -0.692. The molecule has 0 aliphatic heterocycles. The summed E-state index contributed by atoms with van der Waals surface area (Å²) in [6.07, 6.45) is -0.231. The number of hydrogen-bond acceptors (Lipinski definition) is 2. The van der Waals surface area contributed by atoms with Gasteiger partial charge in [-0.2, -0.15) is 0 Å². The largest absolute Gasteiger partial charge is 0.391 e. The highest BCUT2D eigenvalue weighted by molar-refractivity contribution is 5.91. The summed E-state index contributed by atoms with van der Waals surface area (Å²) in [5, 5.41) is 13.0. The second-order valence-corrected chi connectivity index (χ2v) is 5.53. The van der Waals surface area contributed by atoms with E-state index < -0.39 is 12.1 Å². The Balaban J connectivity index is 1.92. The van der Waals surface area contributed by atoms with Crippen LogP contribution in [-0.4, -0.2) is 30.3 Å². The van der Waals surface area contributed by atoms with E-state index in [-0.39, 0.29) is 11.8 Å². The fraction of sp³-hybridized carbons (Fsp3) is 0.278. The van der Waals surface area contributed by atoms with Gasteiger partial charge in [-0.05, 0) is 36.8 Å². The average molecular weight is 316 g/mol. The molecule has 23 heavy (non-hydrogen) atoms. The van der Waals surface area contributed by atoms with Gasteiger partial charge in [0.2, 0.25) is 0 Å². The zero-order valence-electron chi connectivity index (χ0n) is 13.2. The maximum atomic E-state index is 12.9. The molecular weight excluding hydrogens is 295 g/mol. The second-order valence-electron chi connectivity index (χ2n) is 5.53. The molecule has 0 aromatic heterocycles. The van der Waals surface area contributed by atoms with Gasteiger partial charge >= 0.3 is 6.03 Å². The van der Waals surface area contributed by atoms with Gasteiger partial charge in [0.1, 0.15) is 5.82 Å². The Hall–Kier alpha value is -2.40. The first-order chi connectivity index (χ1) is 11.0. The van der Waals surface area contributed by atoms with Crippen molar-refractivity contribution in [3.05, 3.63) is 66.0 Å². The Bertz CT molecular complexity index is 631. The molecule has 0 aliphatic carbocycles. The summed E-state index contributed by atoms with van der Waals surface area (Å²) in [6.45, 7) is 1.75. The Morgan fingerprint density at radius 1 is 1.17 bits per heavy atom. The molecule has 2 aromatic carbocycles. The lowest BCUT2D eigenvalue weighted by atomic mass is 10.0. The lowest BCUT2D eigenvalue weighted by Crippen LogP contribution is -2.47. The topological polar surface area (TPSA) is 52.6 Å². The molecule has 0 heterocycles. The summed E-state index contributed by atoms with van der Waals surface area (Å²) in [5.41, 5.74) is 1.58. The van der Waals surface area contributed by atoms with Crippen LogP contribution in [0.2, 0.25) is 0 Å². The maximum Gasteiger partial charge on any atom is 0.321 e. The Morgan fingerprint density at radius 3 is 2.39 bits per heavy atom. The Kier molecular flexibility index (Phi) is 5.71. The molecule has 2 N–H and O–H groups in total. The van der Waals surface area contributed by atoms with E-state index in [2.05, 4.69) is 5.32 Å². The second kappa shape index (κ2) is 7.74. The number of nitrogens with one attached hydrogen (secondary N) is 1. The van der Waals surface area contributed by atoms with Crippen LogP contribution in [-0.2, 0) is 6.42 Å². The van der Waals surface area contributed by atoms with Crippen molar-refractivity contribution in [1.29, 1.82) is 0 Å². The average Bonchev–Trinajstić information content (AvgIpc) is 2.55. The maximum absolute atomic E-state index is 12.9. The van der Waals surface area contributed by atoms with Gasteiger partial charge in [-0.1, -0.05) is 30.3 Å². The SMILES string of the molecule is C[C@@H](NC(=O)N(C)c1ccc(F)cc1)[C@@H](O)Cc1ccccc1. The van der Waals surface area contributed by atoms with Crippen molar-refractivity contribution in [1.82, 2.24) is 5.32 Å². The predicted molar refractivity (Wildman–Crippen MR) is 88.9 cm³/mol. The first-order valence-corrected chi connectivity index (χ1v) is 7.49. The molecule has 2 aromatic rings. The van der Waals surface area contributed by atoms with Crippen LogP contribution in [0.4, 0.5) is 14.9 Å². The molecule has 0 radical (unpaired) electrons. The van der Waals surface area contributed by atoms with Gasteiger partial charge in [0.15, 0.2) is 0 Å². The third-order valence-electron chi connectivity index (χ3n) is 3.73. The zero-order chi connectivity index (χ0) is 16.8. The Labute approximate surface area is 135 Å². The molecule has 2 rings (SSSR count). The highest BCUT2D eigenvalue weighted by Crippen LogP contribution is 2.13. The number of nitrogens with zero attached hydrogens (tertiary/aromatic N) is 1. The first-order valence-electron chi connectivity index (χ1n) is 7.49. The lowest BCUT2D eigenvalue weighted by molar-refractivity contribution is 0.137. The smallest absolute Gasteiger partial charge is 0.321 e. The normalized spacial score (nSPS) is 13.2. The minimum absolute atomic E-state index is 0.351. The van der Waals surface area contributed by atoms with Crippen LogP contribution in [0.15, 0.2) is 54.6 Å². The molecule has 0 saturated carbocycles. The quantitative estimate of drug-likeness (QED) is 0.891. The third-order valence-corrected chi connectivity index (χ3v) is 3.73. The van der Waals surface area contributed by atoms with E-state index in [9.17, 15) is 14.3 Å². The van der Waals surface area contributed by atoms with E-state index in [1.54, 1.807) is 14.0 Å². The van der Waals surface area contributed by atoms with Gasteiger partial charge in [0.05, 0.1) is 12.1 Å². The summed E-state index contributed by atoms with van der Waals surface area (Å²) in [7, 11) is 1.60. The van der Waals surface area contributed by atoms with Crippen molar-refractivity contribution in [3.63, 3.8) is 0 Å². The standard InChI is InChI=1S/C18H21FN2O2/c1-13(17(22)12-14-6-4-3-5-7-14)20-18(23)21(2)16-10-8-15(19)9-11-16/h3-11,13,17,22H,12H2,1-2H3,(H,20,23)/t13-,17+/m1/s1. The third kappa shape index (κ3) is 4.79. The summed E-state index contributed by atoms with van der Waals surface area (Å²) in [5.74, 6) is -0.353. The minimum Gasteiger partial charge on any atom is -0.391 e. The van der Waals surface area contributed by atoms with E-state index >= 15 is 0 Å². The van der Waals surface area contributed by atoms with Gasteiger partial charge in [0.25, 0.3) is 0 Å². The Morgan fingerprint density at radius 2 is 1.78 bits per heavy atom. The van der Waals surface area contributed by atoms with E-state index in [0.717, 1.165) is 5.56 Å². The molecule has 122 valence electrons. The number of carbonyl (C=O) groups excluding carboxylic acids is 1. The zero-order valence-corrected chi connectivity index (χ0v) is 13.2. The molecule has 2 atom stereocenters. The van der Waals surface area contributed by atoms with Crippen molar-refractivity contribution in [2.24, 2.45) is 0 Å². The lowest BCUT2D eigenvalue weighted by Gasteiger charge is -2.24.